The largest absolute Gasteiger partial charge is 0.456 e. The molecule has 1 N–H and O–H groups in total. The molecular weight excluding hydrogens is 398 g/mol. The molecule has 4 aromatic rings. The minimum atomic E-state index is -0.238. The molecule has 150 valence electrons. The van der Waals surface area contributed by atoms with Crippen LogP contribution in [-0.4, -0.2) is 5.91 Å². The van der Waals surface area contributed by atoms with Gasteiger partial charge >= 0.3 is 0 Å². The zero-order valence-corrected chi connectivity index (χ0v) is 17.6. The van der Waals surface area contributed by atoms with Crippen LogP contribution < -0.4 is 10.7 Å². The van der Waals surface area contributed by atoms with Crippen molar-refractivity contribution in [3.05, 3.63) is 98.2 Å². The van der Waals surface area contributed by atoms with Gasteiger partial charge in [0.05, 0.1) is 5.39 Å². The first-order valence-corrected chi connectivity index (χ1v) is 9.92. The Balaban J connectivity index is 1.64. The Kier molecular flexibility index (Phi) is 5.18. The minimum absolute atomic E-state index is 0.0868. The van der Waals surface area contributed by atoms with Gasteiger partial charge in [-0.05, 0) is 67.8 Å². The third kappa shape index (κ3) is 3.87. The van der Waals surface area contributed by atoms with Gasteiger partial charge in [-0.1, -0.05) is 35.9 Å². The van der Waals surface area contributed by atoms with E-state index in [0.717, 1.165) is 22.3 Å². The summed E-state index contributed by atoms with van der Waals surface area (Å²) in [4.78, 5) is 25.2. The molecular formula is C25H20ClNO3. The molecule has 0 aliphatic heterocycles. The number of anilines is 1. The van der Waals surface area contributed by atoms with Crippen molar-refractivity contribution in [1.82, 2.24) is 0 Å². The predicted octanol–water partition coefficient (Wildman–Crippen LogP) is 6.29. The van der Waals surface area contributed by atoms with E-state index in [1.165, 1.54) is 6.07 Å². The van der Waals surface area contributed by atoms with Crippen molar-refractivity contribution in [2.75, 3.05) is 5.32 Å². The Morgan fingerprint density at radius 3 is 2.37 bits per heavy atom. The van der Waals surface area contributed by atoms with Crippen LogP contribution in [0.1, 0.15) is 27.0 Å². The average molecular weight is 418 g/mol. The zero-order chi connectivity index (χ0) is 21.4. The maximum Gasteiger partial charge on any atom is 0.255 e. The summed E-state index contributed by atoms with van der Waals surface area (Å²) in [5.41, 5.74) is 5.24. The number of hydrogen-bond donors (Lipinski definition) is 1. The second-order valence-electron chi connectivity index (χ2n) is 7.42. The average Bonchev–Trinajstić information content (AvgIpc) is 2.71. The third-order valence-corrected chi connectivity index (χ3v) is 5.27. The predicted molar refractivity (Wildman–Crippen MR) is 122 cm³/mol. The third-order valence-electron chi connectivity index (χ3n) is 5.04. The van der Waals surface area contributed by atoms with Gasteiger partial charge in [-0.3, -0.25) is 9.59 Å². The van der Waals surface area contributed by atoms with Crippen LogP contribution in [0.25, 0.3) is 22.3 Å². The van der Waals surface area contributed by atoms with Gasteiger partial charge in [-0.15, -0.1) is 0 Å². The van der Waals surface area contributed by atoms with Gasteiger partial charge in [0.15, 0.2) is 5.43 Å². The van der Waals surface area contributed by atoms with Crippen LogP contribution in [0, 0.1) is 20.8 Å². The number of rotatable bonds is 3. The van der Waals surface area contributed by atoms with Crippen molar-refractivity contribution in [3.63, 3.8) is 0 Å². The monoisotopic (exact) mass is 417 g/mol. The quantitative estimate of drug-likeness (QED) is 0.426. The summed E-state index contributed by atoms with van der Waals surface area (Å²) in [7, 11) is 0. The summed E-state index contributed by atoms with van der Waals surface area (Å²) < 4.78 is 6.02. The van der Waals surface area contributed by atoms with Crippen molar-refractivity contribution in [2.24, 2.45) is 0 Å². The molecule has 0 fully saturated rings. The number of carbonyl (C=O) groups is 1. The molecule has 0 saturated carbocycles. The smallest absolute Gasteiger partial charge is 0.255 e. The van der Waals surface area contributed by atoms with Crippen molar-refractivity contribution >= 4 is 34.2 Å². The molecule has 0 unspecified atom stereocenters. The lowest BCUT2D eigenvalue weighted by atomic mass is 10.1. The topological polar surface area (TPSA) is 59.3 Å². The van der Waals surface area contributed by atoms with Crippen LogP contribution >= 0.6 is 11.6 Å². The standard InChI is InChI=1S/C25H20ClNO3/c1-14-10-16(3)24-20(11-14)22(28)13-23(30-24)17-5-7-18(8-6-17)25(29)27-21-12-19(26)9-4-15(21)2/h4-13H,1-3H3,(H,27,29). The molecule has 0 aliphatic rings. The SMILES string of the molecule is Cc1cc(C)c2oc(-c3ccc(C(=O)Nc4cc(Cl)ccc4C)cc3)cc(=O)c2c1. The number of benzene rings is 3. The highest BCUT2D eigenvalue weighted by atomic mass is 35.5. The van der Waals surface area contributed by atoms with Crippen LogP contribution in [0.15, 0.2) is 69.9 Å². The molecule has 0 atom stereocenters. The molecule has 30 heavy (non-hydrogen) atoms. The molecule has 1 amide bonds. The molecule has 0 bridgehead atoms. The molecule has 1 aromatic heterocycles. The highest BCUT2D eigenvalue weighted by molar-refractivity contribution is 6.31. The summed E-state index contributed by atoms with van der Waals surface area (Å²) in [6, 6.07) is 17.6. The van der Waals surface area contributed by atoms with Crippen molar-refractivity contribution < 1.29 is 9.21 Å². The fourth-order valence-corrected chi connectivity index (χ4v) is 3.63. The van der Waals surface area contributed by atoms with E-state index < -0.39 is 0 Å². The van der Waals surface area contributed by atoms with Gasteiger partial charge in [0, 0.05) is 27.9 Å². The minimum Gasteiger partial charge on any atom is -0.456 e. The number of hydrogen-bond acceptors (Lipinski definition) is 3. The van der Waals surface area contributed by atoms with E-state index >= 15 is 0 Å². The second-order valence-corrected chi connectivity index (χ2v) is 7.86. The van der Waals surface area contributed by atoms with E-state index in [0.29, 0.717) is 33.0 Å². The molecule has 1 heterocycles. The Labute approximate surface area is 179 Å². The summed E-state index contributed by atoms with van der Waals surface area (Å²) >= 11 is 6.02. The molecule has 0 radical (unpaired) electrons. The summed E-state index contributed by atoms with van der Waals surface area (Å²) in [6.45, 7) is 5.78. The normalized spacial score (nSPS) is 10.9. The van der Waals surface area contributed by atoms with E-state index in [4.69, 9.17) is 16.0 Å². The second kappa shape index (κ2) is 7.81. The summed E-state index contributed by atoms with van der Waals surface area (Å²) in [5.74, 6) is 0.232. The van der Waals surface area contributed by atoms with E-state index in [1.54, 1.807) is 36.4 Å². The molecule has 5 heteroatoms. The van der Waals surface area contributed by atoms with E-state index in [-0.39, 0.29) is 11.3 Å². The van der Waals surface area contributed by atoms with Crippen LogP contribution in [0.5, 0.6) is 0 Å². The highest BCUT2D eigenvalue weighted by Gasteiger charge is 2.12. The molecule has 0 spiro atoms. The summed E-state index contributed by atoms with van der Waals surface area (Å²) in [6.07, 6.45) is 0. The highest BCUT2D eigenvalue weighted by Crippen LogP contribution is 2.26. The van der Waals surface area contributed by atoms with Crippen LogP contribution in [0.3, 0.4) is 0 Å². The number of amides is 1. The maximum atomic E-state index is 12.6. The first-order valence-electron chi connectivity index (χ1n) is 9.55. The lowest BCUT2D eigenvalue weighted by Crippen LogP contribution is -2.12. The van der Waals surface area contributed by atoms with Crippen LogP contribution in [-0.2, 0) is 0 Å². The maximum absolute atomic E-state index is 12.6. The summed E-state index contributed by atoms with van der Waals surface area (Å²) in [5, 5.41) is 4.01. The van der Waals surface area contributed by atoms with Crippen LogP contribution in [0.2, 0.25) is 5.02 Å². The molecule has 0 saturated heterocycles. The molecule has 4 rings (SSSR count). The van der Waals surface area contributed by atoms with Crippen LogP contribution in [0.4, 0.5) is 5.69 Å². The van der Waals surface area contributed by atoms with Gasteiger partial charge in [-0.25, -0.2) is 0 Å². The first kappa shape index (κ1) is 19.9. The van der Waals surface area contributed by atoms with Crippen molar-refractivity contribution in [2.45, 2.75) is 20.8 Å². The van der Waals surface area contributed by atoms with Gasteiger partial charge in [0.2, 0.25) is 0 Å². The van der Waals surface area contributed by atoms with Crippen molar-refractivity contribution in [3.8, 4) is 11.3 Å². The lowest BCUT2D eigenvalue weighted by Gasteiger charge is -2.10. The van der Waals surface area contributed by atoms with Gasteiger partial charge < -0.3 is 9.73 Å². The van der Waals surface area contributed by atoms with Gasteiger partial charge in [-0.2, -0.15) is 0 Å². The fourth-order valence-electron chi connectivity index (χ4n) is 3.46. The van der Waals surface area contributed by atoms with E-state index in [2.05, 4.69) is 5.32 Å². The molecule has 0 aliphatic carbocycles. The van der Waals surface area contributed by atoms with E-state index in [9.17, 15) is 9.59 Å². The zero-order valence-electron chi connectivity index (χ0n) is 16.9. The molecule has 4 nitrogen and oxygen atoms in total. The number of aryl methyl sites for hydroxylation is 3. The Morgan fingerprint density at radius 2 is 1.63 bits per heavy atom. The van der Waals surface area contributed by atoms with Gasteiger partial charge in [0.1, 0.15) is 11.3 Å². The number of halogens is 1. The Hall–Kier alpha value is -3.37. The lowest BCUT2D eigenvalue weighted by molar-refractivity contribution is 0.102. The Bertz CT molecular complexity index is 1340. The fraction of sp³-hybridized carbons (Fsp3) is 0.120. The van der Waals surface area contributed by atoms with Crippen molar-refractivity contribution in [1.29, 1.82) is 0 Å². The number of fused-ring (bicyclic) bond motifs is 1. The first-order chi connectivity index (χ1) is 14.3. The number of carbonyl (C=O) groups excluding carboxylic acids is 1. The van der Waals surface area contributed by atoms with Gasteiger partial charge in [0.25, 0.3) is 5.91 Å². The Morgan fingerprint density at radius 1 is 0.900 bits per heavy atom. The molecule has 3 aromatic carbocycles. The van der Waals surface area contributed by atoms with E-state index in [1.807, 2.05) is 39.0 Å². The number of nitrogens with one attached hydrogen (secondary N) is 1.